The highest BCUT2D eigenvalue weighted by molar-refractivity contribution is 8.01. The standard InChI is InChI=1S/C9H11N3O4S2/c1-5(13)11-12-7(14)4-18-9-10-6(3-17-9)2-8(15)16/h3H,2,4H2,1H3,(H,11,13)(H,12,14)(H,15,16). The number of thioether (sulfide) groups is 1. The van der Waals surface area contributed by atoms with Gasteiger partial charge in [0.15, 0.2) is 4.34 Å². The molecule has 0 unspecified atom stereocenters. The summed E-state index contributed by atoms with van der Waals surface area (Å²) >= 11 is 2.46. The summed E-state index contributed by atoms with van der Waals surface area (Å²) in [4.78, 5) is 36.3. The molecule has 1 aromatic rings. The fourth-order valence-corrected chi connectivity index (χ4v) is 2.56. The first-order valence-corrected chi connectivity index (χ1v) is 6.68. The number of carboxylic acids is 1. The number of hydrogen-bond acceptors (Lipinski definition) is 6. The lowest BCUT2D eigenvalue weighted by Crippen LogP contribution is -2.41. The van der Waals surface area contributed by atoms with Crippen LogP contribution >= 0.6 is 23.1 Å². The van der Waals surface area contributed by atoms with E-state index in [2.05, 4.69) is 15.8 Å². The molecule has 0 aliphatic heterocycles. The van der Waals surface area contributed by atoms with Gasteiger partial charge in [-0.1, -0.05) is 11.8 Å². The predicted octanol–water partition coefficient (Wildman–Crippen LogP) is 0.0296. The zero-order chi connectivity index (χ0) is 13.5. The monoisotopic (exact) mass is 289 g/mol. The van der Waals surface area contributed by atoms with Crippen LogP contribution in [0.5, 0.6) is 0 Å². The van der Waals surface area contributed by atoms with Crippen LogP contribution in [-0.4, -0.2) is 33.6 Å². The lowest BCUT2D eigenvalue weighted by atomic mass is 10.3. The Hall–Kier alpha value is -1.61. The summed E-state index contributed by atoms with van der Waals surface area (Å²) in [7, 11) is 0. The lowest BCUT2D eigenvalue weighted by molar-refractivity contribution is -0.136. The van der Waals surface area contributed by atoms with Gasteiger partial charge in [-0.3, -0.25) is 25.2 Å². The van der Waals surface area contributed by atoms with Crippen molar-refractivity contribution in [2.24, 2.45) is 0 Å². The molecule has 0 radical (unpaired) electrons. The first-order valence-electron chi connectivity index (χ1n) is 4.82. The number of carboxylic acid groups (broad SMARTS) is 1. The third kappa shape index (κ3) is 5.64. The molecule has 0 saturated heterocycles. The molecule has 7 nitrogen and oxygen atoms in total. The second kappa shape index (κ2) is 6.97. The van der Waals surface area contributed by atoms with Gasteiger partial charge in [-0.25, -0.2) is 4.98 Å². The molecule has 2 amide bonds. The van der Waals surface area contributed by atoms with E-state index in [0.29, 0.717) is 10.0 Å². The SMILES string of the molecule is CC(=O)NNC(=O)CSc1nc(CC(=O)O)cs1. The third-order valence-electron chi connectivity index (χ3n) is 1.57. The maximum absolute atomic E-state index is 11.2. The highest BCUT2D eigenvalue weighted by Crippen LogP contribution is 2.22. The Morgan fingerprint density at radius 1 is 1.44 bits per heavy atom. The van der Waals surface area contributed by atoms with E-state index in [9.17, 15) is 14.4 Å². The first kappa shape index (κ1) is 14.5. The smallest absolute Gasteiger partial charge is 0.309 e. The van der Waals surface area contributed by atoms with Crippen LogP contribution in [0.3, 0.4) is 0 Å². The number of carbonyl (C=O) groups excluding carboxylic acids is 2. The minimum atomic E-state index is -0.944. The topological polar surface area (TPSA) is 108 Å². The summed E-state index contributed by atoms with van der Waals surface area (Å²) in [6, 6.07) is 0. The van der Waals surface area contributed by atoms with Gasteiger partial charge >= 0.3 is 5.97 Å². The van der Waals surface area contributed by atoms with Crippen molar-refractivity contribution < 1.29 is 19.5 Å². The molecule has 0 spiro atoms. The van der Waals surface area contributed by atoms with Gasteiger partial charge in [-0.15, -0.1) is 11.3 Å². The average Bonchev–Trinajstić information content (AvgIpc) is 2.70. The van der Waals surface area contributed by atoms with Crippen LogP contribution in [0.25, 0.3) is 0 Å². The summed E-state index contributed by atoms with van der Waals surface area (Å²) in [5.74, 6) is -1.56. The second-order valence-electron chi connectivity index (χ2n) is 3.19. The molecule has 0 aromatic carbocycles. The molecule has 0 bridgehead atoms. The van der Waals surface area contributed by atoms with E-state index in [1.807, 2.05) is 0 Å². The molecule has 9 heteroatoms. The Morgan fingerprint density at radius 2 is 2.17 bits per heavy atom. The van der Waals surface area contributed by atoms with Crippen LogP contribution < -0.4 is 10.9 Å². The summed E-state index contributed by atoms with van der Waals surface area (Å²) in [6.07, 6.45) is -0.130. The van der Waals surface area contributed by atoms with Crippen molar-refractivity contribution in [3.63, 3.8) is 0 Å². The minimum Gasteiger partial charge on any atom is -0.481 e. The second-order valence-corrected chi connectivity index (χ2v) is 5.27. The number of aliphatic carboxylic acids is 1. The predicted molar refractivity (Wildman–Crippen MR) is 66.1 cm³/mol. The van der Waals surface area contributed by atoms with Gasteiger partial charge in [-0.2, -0.15) is 0 Å². The summed E-state index contributed by atoms with van der Waals surface area (Å²) < 4.78 is 0.615. The van der Waals surface area contributed by atoms with Crippen LogP contribution in [0.2, 0.25) is 0 Å². The van der Waals surface area contributed by atoms with Crippen molar-refractivity contribution >= 4 is 40.9 Å². The van der Waals surface area contributed by atoms with Crippen LogP contribution in [0.1, 0.15) is 12.6 Å². The number of carbonyl (C=O) groups is 3. The normalized spacial score (nSPS) is 9.83. The molecule has 18 heavy (non-hydrogen) atoms. The van der Waals surface area contributed by atoms with E-state index < -0.39 is 5.97 Å². The number of nitrogens with zero attached hydrogens (tertiary/aromatic N) is 1. The number of thiazole rings is 1. The molecular weight excluding hydrogens is 278 g/mol. The van der Waals surface area contributed by atoms with E-state index in [1.165, 1.54) is 30.0 Å². The first-order chi connectivity index (χ1) is 8.47. The average molecular weight is 289 g/mol. The molecule has 0 fully saturated rings. The number of hydrazine groups is 1. The van der Waals surface area contributed by atoms with Crippen LogP contribution in [0, 0.1) is 0 Å². The maximum Gasteiger partial charge on any atom is 0.309 e. The summed E-state index contributed by atoms with van der Waals surface area (Å²) in [6.45, 7) is 1.28. The van der Waals surface area contributed by atoms with Crippen molar-refractivity contribution in [1.29, 1.82) is 0 Å². The highest BCUT2D eigenvalue weighted by atomic mass is 32.2. The van der Waals surface area contributed by atoms with Crippen molar-refractivity contribution in [3.05, 3.63) is 11.1 Å². The Kier molecular flexibility index (Phi) is 5.59. The molecule has 3 N–H and O–H groups in total. The largest absolute Gasteiger partial charge is 0.481 e. The van der Waals surface area contributed by atoms with E-state index in [1.54, 1.807) is 5.38 Å². The van der Waals surface area contributed by atoms with E-state index in [-0.39, 0.29) is 24.0 Å². The van der Waals surface area contributed by atoms with Crippen molar-refractivity contribution in [2.45, 2.75) is 17.7 Å². The Morgan fingerprint density at radius 3 is 2.78 bits per heavy atom. The zero-order valence-electron chi connectivity index (χ0n) is 9.43. The van der Waals surface area contributed by atoms with Gasteiger partial charge in [0.25, 0.3) is 0 Å². The van der Waals surface area contributed by atoms with Crippen molar-refractivity contribution in [1.82, 2.24) is 15.8 Å². The van der Waals surface area contributed by atoms with Crippen molar-refractivity contribution in [3.8, 4) is 0 Å². The maximum atomic E-state index is 11.2. The molecule has 1 aromatic heterocycles. The number of nitrogens with one attached hydrogen (secondary N) is 2. The fraction of sp³-hybridized carbons (Fsp3) is 0.333. The zero-order valence-corrected chi connectivity index (χ0v) is 11.1. The Balaban J connectivity index is 2.34. The number of amides is 2. The van der Waals surface area contributed by atoms with E-state index in [4.69, 9.17) is 5.11 Å². The molecule has 0 aliphatic carbocycles. The van der Waals surface area contributed by atoms with Gasteiger partial charge in [0.1, 0.15) is 0 Å². The Bertz CT molecular complexity index is 460. The quantitative estimate of drug-likeness (QED) is 0.521. The molecule has 98 valence electrons. The number of aromatic nitrogens is 1. The fourth-order valence-electron chi connectivity index (χ4n) is 0.912. The molecule has 0 saturated carbocycles. The van der Waals surface area contributed by atoms with Gasteiger partial charge in [0, 0.05) is 12.3 Å². The third-order valence-corrected chi connectivity index (χ3v) is 3.64. The van der Waals surface area contributed by atoms with Gasteiger partial charge in [0.2, 0.25) is 11.8 Å². The van der Waals surface area contributed by atoms with Gasteiger partial charge < -0.3 is 5.11 Å². The highest BCUT2D eigenvalue weighted by Gasteiger charge is 2.08. The van der Waals surface area contributed by atoms with Crippen LogP contribution in [0.15, 0.2) is 9.72 Å². The van der Waals surface area contributed by atoms with Gasteiger partial charge in [-0.05, 0) is 0 Å². The van der Waals surface area contributed by atoms with Crippen LogP contribution in [0.4, 0.5) is 0 Å². The van der Waals surface area contributed by atoms with Gasteiger partial charge in [0.05, 0.1) is 17.9 Å². The molecular formula is C9H11N3O4S2. The molecule has 0 atom stereocenters. The molecule has 1 heterocycles. The Labute approximate surface area is 111 Å². The minimum absolute atomic E-state index is 0.0975. The molecule has 1 rings (SSSR count). The van der Waals surface area contributed by atoms with E-state index >= 15 is 0 Å². The lowest BCUT2D eigenvalue weighted by Gasteiger charge is -2.02. The summed E-state index contributed by atoms with van der Waals surface area (Å²) in [5, 5.41) is 10.2. The summed E-state index contributed by atoms with van der Waals surface area (Å²) in [5.41, 5.74) is 4.85. The van der Waals surface area contributed by atoms with Crippen molar-refractivity contribution in [2.75, 3.05) is 5.75 Å². The van der Waals surface area contributed by atoms with Crippen LogP contribution in [-0.2, 0) is 20.8 Å². The number of rotatable bonds is 5. The number of hydrogen-bond donors (Lipinski definition) is 3. The molecule has 0 aliphatic rings. The van der Waals surface area contributed by atoms with E-state index in [0.717, 1.165) is 0 Å².